The van der Waals surface area contributed by atoms with Crippen LogP contribution in [0.5, 0.6) is 0 Å². The van der Waals surface area contributed by atoms with Crippen molar-refractivity contribution in [2.75, 3.05) is 24.7 Å². The Bertz CT molecular complexity index is 918. The summed E-state index contributed by atoms with van der Waals surface area (Å²) in [5.41, 5.74) is 1.61. The third-order valence-electron chi connectivity index (χ3n) is 4.77. The second-order valence-electron chi connectivity index (χ2n) is 6.65. The lowest BCUT2D eigenvalue weighted by atomic mass is 9.97. The molecule has 1 saturated heterocycles. The summed E-state index contributed by atoms with van der Waals surface area (Å²) in [5.74, 6) is -0.224. The first-order valence-corrected chi connectivity index (χ1v) is 11.9. The zero-order valence-electron chi connectivity index (χ0n) is 15.7. The van der Waals surface area contributed by atoms with E-state index in [1.807, 2.05) is 60.9 Å². The van der Waals surface area contributed by atoms with Gasteiger partial charge in [-0.15, -0.1) is 11.8 Å². The van der Waals surface area contributed by atoms with Crippen molar-refractivity contribution in [3.8, 4) is 0 Å². The molecule has 0 unspecified atom stereocenters. The Morgan fingerprint density at radius 2 is 1.71 bits per heavy atom. The van der Waals surface area contributed by atoms with Gasteiger partial charge in [-0.3, -0.25) is 4.79 Å². The van der Waals surface area contributed by atoms with E-state index in [1.54, 1.807) is 17.8 Å². The minimum absolute atomic E-state index is 0.0474. The van der Waals surface area contributed by atoms with Gasteiger partial charge in [0.05, 0.1) is 0 Å². The minimum atomic E-state index is -3.48. The van der Waals surface area contributed by atoms with Crippen LogP contribution < -0.4 is 5.32 Å². The van der Waals surface area contributed by atoms with E-state index in [0.29, 0.717) is 25.9 Å². The van der Waals surface area contributed by atoms with E-state index in [2.05, 4.69) is 5.32 Å². The standard InChI is InChI=1S/C21H24N2O3S2/c1-27-20-9-7-19(8-10-20)22-21(24)18-11-14-23(15-12-18)28(25,26)16-13-17-5-3-2-4-6-17/h2-10,13,16,18H,11-12,14-15H2,1H3,(H,22,24)/b16-13+. The Morgan fingerprint density at radius 3 is 2.32 bits per heavy atom. The van der Waals surface area contributed by atoms with Crippen molar-refractivity contribution >= 4 is 39.5 Å². The van der Waals surface area contributed by atoms with Crippen LogP contribution in [0.2, 0.25) is 0 Å². The Kier molecular flexibility index (Phi) is 6.93. The predicted octanol–water partition coefficient (Wildman–Crippen LogP) is 4.06. The summed E-state index contributed by atoms with van der Waals surface area (Å²) < 4.78 is 26.5. The lowest BCUT2D eigenvalue weighted by molar-refractivity contribution is -0.120. The van der Waals surface area contributed by atoms with Gasteiger partial charge in [-0.1, -0.05) is 30.3 Å². The maximum atomic E-state index is 12.5. The molecule has 0 radical (unpaired) electrons. The molecule has 0 aromatic heterocycles. The number of carbonyl (C=O) groups is 1. The molecule has 0 spiro atoms. The summed E-state index contributed by atoms with van der Waals surface area (Å²) in [6.07, 6.45) is 4.65. The SMILES string of the molecule is CSc1ccc(NC(=O)C2CCN(S(=O)(=O)/C=C/c3ccccc3)CC2)cc1. The Hall–Kier alpha value is -2.09. The highest BCUT2D eigenvalue weighted by Gasteiger charge is 2.29. The van der Waals surface area contributed by atoms with Gasteiger partial charge in [-0.25, -0.2) is 8.42 Å². The molecule has 2 aromatic rings. The molecule has 0 aliphatic carbocycles. The third kappa shape index (κ3) is 5.47. The van der Waals surface area contributed by atoms with Crippen molar-refractivity contribution in [2.45, 2.75) is 17.7 Å². The highest BCUT2D eigenvalue weighted by atomic mass is 32.2. The number of sulfonamides is 1. The highest BCUT2D eigenvalue weighted by molar-refractivity contribution is 7.98. The number of nitrogens with zero attached hydrogens (tertiary/aromatic N) is 1. The normalized spacial score (nSPS) is 16.3. The molecule has 1 fully saturated rings. The topological polar surface area (TPSA) is 66.5 Å². The Morgan fingerprint density at radius 1 is 1.07 bits per heavy atom. The third-order valence-corrected chi connectivity index (χ3v) is 7.08. The number of amides is 1. The van der Waals surface area contributed by atoms with E-state index in [1.165, 1.54) is 9.71 Å². The fourth-order valence-electron chi connectivity index (χ4n) is 3.11. The van der Waals surface area contributed by atoms with Gasteiger partial charge >= 0.3 is 0 Å². The van der Waals surface area contributed by atoms with Gasteiger partial charge in [-0.2, -0.15) is 4.31 Å². The number of hydrogen-bond acceptors (Lipinski definition) is 4. The number of nitrogens with one attached hydrogen (secondary N) is 1. The molecule has 3 rings (SSSR count). The molecule has 1 aliphatic rings. The lowest BCUT2D eigenvalue weighted by Crippen LogP contribution is -2.40. The minimum Gasteiger partial charge on any atom is -0.326 e. The molecule has 1 N–H and O–H groups in total. The summed E-state index contributed by atoms with van der Waals surface area (Å²) >= 11 is 1.65. The van der Waals surface area contributed by atoms with Crippen molar-refractivity contribution < 1.29 is 13.2 Å². The first kappa shape index (κ1) is 20.6. The summed E-state index contributed by atoms with van der Waals surface area (Å²) in [7, 11) is -3.48. The van der Waals surface area contributed by atoms with Crippen LogP contribution in [0.3, 0.4) is 0 Å². The van der Waals surface area contributed by atoms with E-state index in [-0.39, 0.29) is 11.8 Å². The first-order valence-electron chi connectivity index (χ1n) is 9.16. The largest absolute Gasteiger partial charge is 0.326 e. The zero-order chi connectivity index (χ0) is 20.0. The monoisotopic (exact) mass is 416 g/mol. The van der Waals surface area contributed by atoms with Gasteiger partial charge in [0.15, 0.2) is 0 Å². The number of benzene rings is 2. The molecule has 0 bridgehead atoms. The fraction of sp³-hybridized carbons (Fsp3) is 0.286. The molecule has 0 saturated carbocycles. The van der Waals surface area contributed by atoms with Crippen molar-refractivity contribution in [1.82, 2.24) is 4.31 Å². The van der Waals surface area contributed by atoms with E-state index < -0.39 is 10.0 Å². The summed E-state index contributed by atoms with van der Waals surface area (Å²) in [4.78, 5) is 13.6. The van der Waals surface area contributed by atoms with Crippen LogP contribution in [0.25, 0.3) is 6.08 Å². The van der Waals surface area contributed by atoms with E-state index in [0.717, 1.165) is 16.1 Å². The van der Waals surface area contributed by atoms with Crippen LogP contribution in [0.15, 0.2) is 64.9 Å². The first-order chi connectivity index (χ1) is 13.5. The molecule has 5 nitrogen and oxygen atoms in total. The molecule has 1 heterocycles. The molecule has 1 aliphatic heterocycles. The second-order valence-corrected chi connectivity index (χ2v) is 9.35. The molecule has 28 heavy (non-hydrogen) atoms. The molecule has 148 valence electrons. The van der Waals surface area contributed by atoms with Crippen LogP contribution in [0.4, 0.5) is 5.69 Å². The Labute approximate surface area is 170 Å². The van der Waals surface area contributed by atoms with Crippen molar-refractivity contribution in [3.63, 3.8) is 0 Å². The van der Waals surface area contributed by atoms with Gasteiger partial charge in [0.25, 0.3) is 0 Å². The van der Waals surface area contributed by atoms with Gasteiger partial charge < -0.3 is 5.32 Å². The quantitative estimate of drug-likeness (QED) is 0.721. The fourth-order valence-corrected chi connectivity index (χ4v) is 4.74. The summed E-state index contributed by atoms with van der Waals surface area (Å²) in [6, 6.07) is 17.0. The number of hydrogen-bond donors (Lipinski definition) is 1. The molecular formula is C21H24N2O3S2. The summed E-state index contributed by atoms with van der Waals surface area (Å²) in [6.45, 7) is 0.704. The van der Waals surface area contributed by atoms with Gasteiger partial charge in [-0.05, 0) is 55.0 Å². The van der Waals surface area contributed by atoms with Crippen LogP contribution in [0.1, 0.15) is 18.4 Å². The number of carbonyl (C=O) groups excluding carboxylic acids is 1. The van der Waals surface area contributed by atoms with E-state index >= 15 is 0 Å². The van der Waals surface area contributed by atoms with Crippen LogP contribution in [0, 0.1) is 5.92 Å². The summed E-state index contributed by atoms with van der Waals surface area (Å²) in [5, 5.41) is 4.18. The van der Waals surface area contributed by atoms with Gasteiger partial charge in [0.2, 0.25) is 15.9 Å². The number of piperidine rings is 1. The van der Waals surface area contributed by atoms with E-state index in [9.17, 15) is 13.2 Å². The van der Waals surface area contributed by atoms with Crippen LogP contribution >= 0.6 is 11.8 Å². The van der Waals surface area contributed by atoms with Crippen molar-refractivity contribution in [3.05, 3.63) is 65.6 Å². The highest BCUT2D eigenvalue weighted by Crippen LogP contribution is 2.23. The smallest absolute Gasteiger partial charge is 0.236 e. The Balaban J connectivity index is 1.54. The van der Waals surface area contributed by atoms with Crippen molar-refractivity contribution in [2.24, 2.45) is 5.92 Å². The lowest BCUT2D eigenvalue weighted by Gasteiger charge is -2.29. The number of anilines is 1. The number of rotatable bonds is 6. The zero-order valence-corrected chi connectivity index (χ0v) is 17.4. The maximum Gasteiger partial charge on any atom is 0.236 e. The van der Waals surface area contributed by atoms with Gasteiger partial charge in [0.1, 0.15) is 0 Å². The average Bonchev–Trinajstić information content (AvgIpc) is 2.74. The number of thioether (sulfide) groups is 1. The van der Waals surface area contributed by atoms with Gasteiger partial charge in [0, 0.05) is 35.0 Å². The molecular weight excluding hydrogens is 392 g/mol. The second kappa shape index (κ2) is 9.41. The average molecular weight is 417 g/mol. The molecule has 0 atom stereocenters. The van der Waals surface area contributed by atoms with Crippen LogP contribution in [-0.2, 0) is 14.8 Å². The molecule has 1 amide bonds. The maximum absolute atomic E-state index is 12.5. The van der Waals surface area contributed by atoms with E-state index in [4.69, 9.17) is 0 Å². The molecule has 2 aromatic carbocycles. The predicted molar refractivity (Wildman–Crippen MR) is 116 cm³/mol. The molecule has 7 heteroatoms. The van der Waals surface area contributed by atoms with Crippen molar-refractivity contribution in [1.29, 1.82) is 0 Å². The van der Waals surface area contributed by atoms with Crippen LogP contribution in [-0.4, -0.2) is 38.0 Å².